The van der Waals surface area contributed by atoms with Crippen LogP contribution in [0.15, 0.2) is 0 Å². The Morgan fingerprint density at radius 2 is 2.30 bits per heavy atom. The van der Waals surface area contributed by atoms with Gasteiger partial charge in [0.05, 0.1) is 0 Å². The highest BCUT2D eigenvalue weighted by Gasteiger charge is 2.30. The van der Waals surface area contributed by atoms with Gasteiger partial charge >= 0.3 is 0 Å². The first-order valence-corrected chi connectivity index (χ1v) is 3.45. The normalized spacial score (nSPS) is 25.6. The van der Waals surface area contributed by atoms with Crippen LogP contribution in [0, 0.1) is 5.92 Å². The molecule has 0 aromatic rings. The van der Waals surface area contributed by atoms with Crippen molar-refractivity contribution < 1.29 is 9.59 Å². The molecule has 1 unspecified atom stereocenters. The van der Waals surface area contributed by atoms with Crippen molar-refractivity contribution in [3.05, 3.63) is 0 Å². The molecule has 1 rings (SSSR count). The molecule has 0 aromatic carbocycles. The zero-order valence-electron chi connectivity index (χ0n) is 6.26. The van der Waals surface area contributed by atoms with E-state index in [9.17, 15) is 9.59 Å². The van der Waals surface area contributed by atoms with Gasteiger partial charge in [0.15, 0.2) is 0 Å². The lowest BCUT2D eigenvalue weighted by Gasteiger charge is -2.09. The Morgan fingerprint density at radius 1 is 1.70 bits per heavy atom. The van der Waals surface area contributed by atoms with Gasteiger partial charge in [0.2, 0.25) is 11.8 Å². The van der Waals surface area contributed by atoms with Crippen LogP contribution in [0.3, 0.4) is 0 Å². The molecule has 1 aliphatic rings. The van der Waals surface area contributed by atoms with Gasteiger partial charge in [-0.15, -0.1) is 0 Å². The number of carbonyl (C=O) groups is 2. The van der Waals surface area contributed by atoms with Crippen LogP contribution in [0.1, 0.15) is 20.3 Å². The number of hydrogen-bond acceptors (Lipinski definition) is 2. The highest BCUT2D eigenvalue weighted by molar-refractivity contribution is 5.96. The topological polar surface area (TPSA) is 37.4 Å². The second-order valence-electron chi connectivity index (χ2n) is 2.70. The number of carbonyl (C=O) groups excluding carboxylic acids is 2. The minimum atomic E-state index is -0.130. The van der Waals surface area contributed by atoms with Gasteiger partial charge < -0.3 is 0 Å². The van der Waals surface area contributed by atoms with Crippen molar-refractivity contribution in [3.63, 3.8) is 0 Å². The molecule has 1 saturated heterocycles. The maximum Gasteiger partial charge on any atom is 0.232 e. The first-order valence-electron chi connectivity index (χ1n) is 3.45. The molecule has 1 fully saturated rings. The van der Waals surface area contributed by atoms with Crippen molar-refractivity contribution in [1.29, 1.82) is 0 Å². The Bertz CT molecular complexity index is 176. The molecular weight excluding hydrogens is 130 g/mol. The molecule has 0 aliphatic carbocycles. The predicted octanol–water partition coefficient (Wildman–Crippen LogP) is 0.401. The summed E-state index contributed by atoms with van der Waals surface area (Å²) in [7, 11) is 0. The van der Waals surface area contributed by atoms with E-state index in [4.69, 9.17) is 0 Å². The summed E-state index contributed by atoms with van der Waals surface area (Å²) in [6, 6.07) is 0. The smallest absolute Gasteiger partial charge is 0.232 e. The Balaban J connectivity index is 2.66. The maximum atomic E-state index is 11.1. The largest absolute Gasteiger partial charge is 0.283 e. The third kappa shape index (κ3) is 1.03. The average molecular weight is 141 g/mol. The molecule has 56 valence electrons. The van der Waals surface area contributed by atoms with E-state index < -0.39 is 0 Å². The third-order valence-corrected chi connectivity index (χ3v) is 1.85. The molecule has 0 spiro atoms. The summed E-state index contributed by atoms with van der Waals surface area (Å²) in [4.78, 5) is 23.1. The van der Waals surface area contributed by atoms with Crippen LogP contribution < -0.4 is 0 Å². The van der Waals surface area contributed by atoms with Crippen molar-refractivity contribution in [2.75, 3.05) is 6.54 Å². The third-order valence-electron chi connectivity index (χ3n) is 1.85. The molecule has 1 atom stereocenters. The highest BCUT2D eigenvalue weighted by atomic mass is 16.2. The summed E-state index contributed by atoms with van der Waals surface area (Å²) in [5.74, 6) is -0.106. The molecule has 3 nitrogen and oxygen atoms in total. The van der Waals surface area contributed by atoms with Crippen molar-refractivity contribution in [2.45, 2.75) is 20.3 Å². The van der Waals surface area contributed by atoms with Crippen LogP contribution in [0.5, 0.6) is 0 Å². The molecule has 1 aliphatic heterocycles. The summed E-state index contributed by atoms with van der Waals surface area (Å²) in [5.41, 5.74) is 0. The summed E-state index contributed by atoms with van der Waals surface area (Å²) < 4.78 is 0. The van der Waals surface area contributed by atoms with E-state index in [1.807, 2.05) is 6.92 Å². The minimum Gasteiger partial charge on any atom is -0.283 e. The molecule has 0 aromatic heterocycles. The van der Waals surface area contributed by atoms with E-state index in [1.165, 1.54) is 11.8 Å². The number of likely N-dealkylation sites (tertiary alicyclic amines) is 1. The van der Waals surface area contributed by atoms with E-state index in [1.54, 1.807) is 0 Å². The highest BCUT2D eigenvalue weighted by Crippen LogP contribution is 2.16. The fourth-order valence-electron chi connectivity index (χ4n) is 1.14. The number of imide groups is 1. The maximum absolute atomic E-state index is 11.1. The molecule has 1 heterocycles. The van der Waals surface area contributed by atoms with Gasteiger partial charge in [-0.25, -0.2) is 0 Å². The van der Waals surface area contributed by atoms with Gasteiger partial charge in [-0.1, -0.05) is 6.92 Å². The summed E-state index contributed by atoms with van der Waals surface area (Å²) in [5, 5.41) is 0. The van der Waals surface area contributed by atoms with Gasteiger partial charge in [-0.3, -0.25) is 14.5 Å². The van der Waals surface area contributed by atoms with E-state index in [-0.39, 0.29) is 17.7 Å². The summed E-state index contributed by atoms with van der Waals surface area (Å²) in [6.07, 6.45) is 0.818. The number of hydrogen-bond donors (Lipinski definition) is 0. The average Bonchev–Trinajstić information content (AvgIpc) is 2.14. The van der Waals surface area contributed by atoms with Gasteiger partial charge in [-0.05, 0) is 6.42 Å². The number of amides is 2. The van der Waals surface area contributed by atoms with Crippen molar-refractivity contribution in [3.8, 4) is 0 Å². The Morgan fingerprint density at radius 3 is 2.50 bits per heavy atom. The van der Waals surface area contributed by atoms with Crippen LogP contribution >= 0.6 is 0 Å². The first-order chi connectivity index (χ1) is 4.63. The van der Waals surface area contributed by atoms with Gasteiger partial charge in [0.1, 0.15) is 0 Å². The first kappa shape index (κ1) is 7.25. The number of rotatable bonds is 0. The fraction of sp³-hybridized carbons (Fsp3) is 0.714. The molecule has 0 N–H and O–H groups in total. The van der Waals surface area contributed by atoms with Crippen LogP contribution in [0.4, 0.5) is 0 Å². The second-order valence-corrected chi connectivity index (χ2v) is 2.70. The van der Waals surface area contributed by atoms with E-state index in [2.05, 4.69) is 0 Å². The quantitative estimate of drug-likeness (QED) is 0.489. The van der Waals surface area contributed by atoms with Crippen molar-refractivity contribution in [1.82, 2.24) is 4.90 Å². The van der Waals surface area contributed by atoms with E-state index in [0.717, 1.165) is 6.42 Å². The predicted molar refractivity (Wildman–Crippen MR) is 36.2 cm³/mol. The second kappa shape index (κ2) is 2.40. The standard InChI is InChI=1S/C7H11NO2/c1-5-3-4-8(6(2)9)7(5)10/h5H,3-4H2,1-2H3. The lowest BCUT2D eigenvalue weighted by atomic mass is 10.1. The van der Waals surface area contributed by atoms with Crippen LogP contribution in [-0.4, -0.2) is 23.3 Å². The van der Waals surface area contributed by atoms with Gasteiger partial charge in [0.25, 0.3) is 0 Å². The summed E-state index contributed by atoms with van der Waals surface area (Å²) >= 11 is 0. The molecular formula is C7H11NO2. The SMILES string of the molecule is CC(=O)N1CCC(C)C1=O. The van der Waals surface area contributed by atoms with Crippen LogP contribution in [0.25, 0.3) is 0 Å². The molecule has 2 amide bonds. The van der Waals surface area contributed by atoms with E-state index in [0.29, 0.717) is 6.54 Å². The lowest BCUT2D eigenvalue weighted by molar-refractivity contribution is -0.141. The van der Waals surface area contributed by atoms with Crippen LogP contribution in [-0.2, 0) is 9.59 Å². The summed E-state index contributed by atoms with van der Waals surface area (Å²) in [6.45, 7) is 3.89. The molecule has 3 heteroatoms. The zero-order chi connectivity index (χ0) is 7.72. The lowest BCUT2D eigenvalue weighted by Crippen LogP contribution is -2.30. The molecule has 0 bridgehead atoms. The van der Waals surface area contributed by atoms with E-state index >= 15 is 0 Å². The minimum absolute atomic E-state index is 0.0208. The fourth-order valence-corrected chi connectivity index (χ4v) is 1.14. The van der Waals surface area contributed by atoms with Crippen LogP contribution in [0.2, 0.25) is 0 Å². The van der Waals surface area contributed by atoms with Gasteiger partial charge in [-0.2, -0.15) is 0 Å². The monoisotopic (exact) mass is 141 g/mol. The van der Waals surface area contributed by atoms with Crippen molar-refractivity contribution >= 4 is 11.8 Å². The molecule has 10 heavy (non-hydrogen) atoms. The Kier molecular flexibility index (Phi) is 1.74. The zero-order valence-corrected chi connectivity index (χ0v) is 6.26. The Hall–Kier alpha value is -0.860. The Labute approximate surface area is 60.0 Å². The molecule has 0 saturated carbocycles. The number of nitrogens with zero attached hydrogens (tertiary/aromatic N) is 1. The molecule has 0 radical (unpaired) electrons. The van der Waals surface area contributed by atoms with Gasteiger partial charge in [0, 0.05) is 19.4 Å². The van der Waals surface area contributed by atoms with Crippen molar-refractivity contribution in [2.24, 2.45) is 5.92 Å².